The van der Waals surface area contributed by atoms with Crippen LogP contribution in [0.4, 0.5) is 0 Å². The smallest absolute Gasteiger partial charge is 0.323 e. The number of ether oxygens (including phenoxy) is 2. The van der Waals surface area contributed by atoms with Gasteiger partial charge in [-0.15, -0.1) is 11.3 Å². The topological polar surface area (TPSA) is 102 Å². The molecule has 1 saturated heterocycles. The van der Waals surface area contributed by atoms with Gasteiger partial charge in [0.25, 0.3) is 11.5 Å². The minimum Gasteiger partial charge on any atom is -0.494 e. The summed E-state index contributed by atoms with van der Waals surface area (Å²) in [7, 11) is 0. The number of carboxylic acids is 1. The summed E-state index contributed by atoms with van der Waals surface area (Å²) in [5.74, 6) is 0.245. The molecule has 1 N–H and O–H groups in total. The number of unbranched alkanes of at least 4 members (excludes halogenated alkanes) is 11. The number of aromatic nitrogens is 2. The number of carboxylic acid groups (broad SMARTS) is 1. The van der Waals surface area contributed by atoms with Gasteiger partial charge in [-0.25, -0.2) is 0 Å². The van der Waals surface area contributed by atoms with E-state index in [0.717, 1.165) is 141 Å². The first kappa shape index (κ1) is 48.0. The zero-order valence-electron chi connectivity index (χ0n) is 38.9. The number of nitrogens with zero attached hydrogens (tertiary/aromatic N) is 3. The lowest BCUT2D eigenvalue weighted by Gasteiger charge is -2.18. The number of hydrogen-bond acceptors (Lipinski definition) is 8. The van der Waals surface area contributed by atoms with Gasteiger partial charge >= 0.3 is 5.97 Å². The second-order valence-corrected chi connectivity index (χ2v) is 20.2. The second-order valence-electron chi connectivity index (χ2n) is 17.6. The highest BCUT2D eigenvalue weighted by atomic mass is 32.2. The number of aliphatic carboxylic acids is 1. The summed E-state index contributed by atoms with van der Waals surface area (Å²) < 4.78 is 16.9. The van der Waals surface area contributed by atoms with Gasteiger partial charge in [0.2, 0.25) is 0 Å². The summed E-state index contributed by atoms with van der Waals surface area (Å²) in [4.78, 5) is 42.4. The average Bonchev–Trinajstić information content (AvgIpc) is 4.00. The van der Waals surface area contributed by atoms with Crippen LogP contribution in [0.5, 0.6) is 11.5 Å². The first-order valence-electron chi connectivity index (χ1n) is 24.2. The normalized spacial score (nSPS) is 14.2. The molecule has 12 heteroatoms. The van der Waals surface area contributed by atoms with Crippen molar-refractivity contribution in [3.05, 3.63) is 110 Å². The van der Waals surface area contributed by atoms with E-state index in [1.54, 1.807) is 4.90 Å². The fraction of sp³-hybridized carbons (Fsp3) is 0.382. The highest BCUT2D eigenvalue weighted by Crippen LogP contribution is 2.41. The van der Waals surface area contributed by atoms with Crippen molar-refractivity contribution < 1.29 is 24.2 Å². The number of thioether (sulfide) groups is 1. The van der Waals surface area contributed by atoms with Crippen molar-refractivity contribution in [3.63, 3.8) is 0 Å². The van der Waals surface area contributed by atoms with Crippen LogP contribution in [-0.2, 0) is 16.1 Å². The van der Waals surface area contributed by atoms with Crippen LogP contribution in [-0.4, -0.2) is 54.9 Å². The lowest BCUT2D eigenvalue weighted by atomic mass is 9.96. The zero-order valence-corrected chi connectivity index (χ0v) is 41.4. The highest BCUT2D eigenvalue weighted by Gasteiger charge is 2.34. The Hall–Kier alpha value is -5.43. The molecule has 1 aliphatic rings. The first-order valence-corrected chi connectivity index (χ1v) is 26.3. The van der Waals surface area contributed by atoms with Crippen LogP contribution >= 0.6 is 35.3 Å². The molecule has 67 heavy (non-hydrogen) atoms. The Morgan fingerprint density at radius 2 is 1.24 bits per heavy atom. The second kappa shape index (κ2) is 22.6. The van der Waals surface area contributed by atoms with Crippen molar-refractivity contribution in [2.75, 3.05) is 19.8 Å². The zero-order chi connectivity index (χ0) is 46.9. The number of carbonyl (C=O) groups is 2. The van der Waals surface area contributed by atoms with E-state index < -0.39 is 18.1 Å². The van der Waals surface area contributed by atoms with Gasteiger partial charge in [-0.05, 0) is 95.9 Å². The number of benzene rings is 3. The Bertz CT molecular complexity index is 3030. The number of hydrogen-bond donors (Lipinski definition) is 1. The van der Waals surface area contributed by atoms with Crippen LogP contribution in [0.2, 0.25) is 0 Å². The van der Waals surface area contributed by atoms with Crippen molar-refractivity contribution in [2.45, 2.75) is 117 Å². The van der Waals surface area contributed by atoms with Gasteiger partial charge < -0.3 is 19.0 Å². The fourth-order valence-electron chi connectivity index (χ4n) is 9.07. The van der Waals surface area contributed by atoms with E-state index in [9.17, 15) is 19.5 Å². The van der Waals surface area contributed by atoms with Crippen molar-refractivity contribution in [2.24, 2.45) is 0 Å². The Morgan fingerprint density at radius 3 is 1.82 bits per heavy atom. The maximum atomic E-state index is 14.3. The minimum atomic E-state index is -1.17. The maximum absolute atomic E-state index is 14.3. The lowest BCUT2D eigenvalue weighted by molar-refractivity contribution is -0.137. The SMILES string of the molecule is CCCCCCCCN1C(=O)/C(=c2\s/c(=C/c3ccc4cc(-c5ccc(OCCCCCC)cc5)c5ccc6c(-c7ccc(OCCCCCC)cc7)cc3c4n56)c(=O)n2CC(=O)O)SC1=S. The van der Waals surface area contributed by atoms with Crippen LogP contribution in [0.25, 0.3) is 60.6 Å². The van der Waals surface area contributed by atoms with E-state index in [4.69, 9.17) is 21.7 Å². The Morgan fingerprint density at radius 1 is 0.687 bits per heavy atom. The minimum absolute atomic E-state index is 0.278. The summed E-state index contributed by atoms with van der Waals surface area (Å²) in [6.45, 7) is 7.91. The lowest BCUT2D eigenvalue weighted by Crippen LogP contribution is -2.35. The van der Waals surface area contributed by atoms with E-state index in [-0.39, 0.29) is 5.91 Å². The maximum Gasteiger partial charge on any atom is 0.323 e. The van der Waals surface area contributed by atoms with Crippen LogP contribution in [0.3, 0.4) is 0 Å². The van der Waals surface area contributed by atoms with Crippen LogP contribution < -0.4 is 24.2 Å². The average molecular weight is 956 g/mol. The van der Waals surface area contributed by atoms with Crippen LogP contribution in [0.15, 0.2) is 89.7 Å². The Kier molecular flexibility index (Phi) is 16.2. The van der Waals surface area contributed by atoms with Crippen LogP contribution in [0, 0.1) is 0 Å². The van der Waals surface area contributed by atoms with Gasteiger partial charge in [0.15, 0.2) is 0 Å². The molecular formula is C55H61N3O6S3. The predicted octanol–water partition coefficient (Wildman–Crippen LogP) is 12.4. The summed E-state index contributed by atoms with van der Waals surface area (Å²) >= 11 is 7.98. The van der Waals surface area contributed by atoms with Gasteiger partial charge in [0.1, 0.15) is 31.9 Å². The third-order valence-electron chi connectivity index (χ3n) is 12.7. The quantitative estimate of drug-likeness (QED) is 0.0472. The van der Waals surface area contributed by atoms with E-state index in [0.29, 0.717) is 38.2 Å². The summed E-state index contributed by atoms with van der Waals surface area (Å²) in [6.07, 6.45) is 17.5. The van der Waals surface area contributed by atoms with Gasteiger partial charge in [0, 0.05) is 23.1 Å². The van der Waals surface area contributed by atoms with E-state index in [1.807, 2.05) is 24.3 Å². The van der Waals surface area contributed by atoms with Gasteiger partial charge in [-0.2, -0.15) is 0 Å². The van der Waals surface area contributed by atoms with Gasteiger partial charge in [0.05, 0.1) is 34.3 Å². The summed E-state index contributed by atoms with van der Waals surface area (Å²) in [5, 5.41) is 12.0. The molecule has 0 saturated carbocycles. The molecule has 8 rings (SSSR count). The number of amides is 1. The van der Waals surface area contributed by atoms with Gasteiger partial charge in [-0.3, -0.25) is 23.9 Å². The molecule has 1 fully saturated rings. The molecule has 1 aliphatic heterocycles. The number of thiocarbonyl (C=S) groups is 1. The monoisotopic (exact) mass is 955 g/mol. The molecule has 350 valence electrons. The van der Waals surface area contributed by atoms with Crippen molar-refractivity contribution in [1.82, 2.24) is 13.9 Å². The third kappa shape index (κ3) is 10.8. The summed E-state index contributed by atoms with van der Waals surface area (Å²) in [6, 6.07) is 29.6. The Balaban J connectivity index is 1.23. The van der Waals surface area contributed by atoms with E-state index >= 15 is 0 Å². The van der Waals surface area contributed by atoms with Gasteiger partial charge in [-0.1, -0.05) is 152 Å². The van der Waals surface area contributed by atoms with E-state index in [2.05, 4.69) is 91.9 Å². The molecule has 1 amide bonds. The molecule has 0 radical (unpaired) electrons. The summed E-state index contributed by atoms with van der Waals surface area (Å²) in [5.41, 5.74) is 7.64. The number of thiazole rings is 1. The fourth-order valence-corrected chi connectivity index (χ4v) is 11.6. The van der Waals surface area contributed by atoms with E-state index in [1.165, 1.54) is 43.1 Å². The molecule has 3 aromatic carbocycles. The highest BCUT2D eigenvalue weighted by molar-refractivity contribution is 8.30. The van der Waals surface area contributed by atoms with Crippen molar-refractivity contribution >= 4 is 89.8 Å². The van der Waals surface area contributed by atoms with Crippen molar-refractivity contribution in [3.8, 4) is 33.8 Å². The largest absolute Gasteiger partial charge is 0.494 e. The molecule has 0 bridgehead atoms. The third-order valence-corrected chi connectivity index (χ3v) is 15.4. The van der Waals surface area contributed by atoms with Crippen molar-refractivity contribution in [1.29, 1.82) is 0 Å². The number of rotatable bonds is 24. The molecule has 9 nitrogen and oxygen atoms in total. The molecular weight excluding hydrogens is 895 g/mol. The molecule has 0 aliphatic carbocycles. The number of pyridine rings is 2. The molecule has 0 atom stereocenters. The molecule has 0 spiro atoms. The van der Waals surface area contributed by atoms with Crippen LogP contribution in [0.1, 0.15) is 116 Å². The first-order chi connectivity index (χ1) is 32.7. The predicted molar refractivity (Wildman–Crippen MR) is 281 cm³/mol. The Labute approximate surface area is 406 Å². The standard InChI is InChI=1S/C55H61N3O6S3/c1-4-7-10-13-14-15-30-56-53(62)51(67-55(56)65)54-57(36-49(59)60)52(61)48(66-54)34-39-18-19-40-33-43(37-20-24-41(25-21-37)63-31-16-11-8-5-2)46-28-29-47-44(35-45(39)50(40)58(46)47)38-22-26-42(27-23-38)64-32-17-12-9-6-3/h18-29,33-35H,4-17,30-32,36H2,1-3H3,(H,59,60)/b48-34+,54-51+. The molecule has 5 heterocycles. The molecule has 4 aromatic heterocycles. The molecule has 0 unspecified atom stereocenters. The number of carbonyl (C=O) groups excluding carboxylic acids is 1. The molecule has 7 aromatic rings.